The number of nitrogens with zero attached hydrogens (tertiary/aromatic N) is 2. The molecule has 1 aliphatic heterocycles. The van der Waals surface area contributed by atoms with Gasteiger partial charge >= 0.3 is 0 Å². The standard InChI is InChI=1S/C19H19ClN4O3/c1-26-19-11(4-5-17(22-19)24-6-3-7-24)12-8-13-14(18(25)23-27-2)10-21-16(13)9-15(12)20/h4-5,8-10,21H,3,6-7H2,1-2H3,(H,23,25). The molecule has 0 unspecified atom stereocenters. The van der Waals surface area contributed by atoms with Crippen molar-refractivity contribution in [2.45, 2.75) is 6.42 Å². The van der Waals surface area contributed by atoms with Gasteiger partial charge in [-0.15, -0.1) is 0 Å². The van der Waals surface area contributed by atoms with Crippen LogP contribution in [0.5, 0.6) is 5.88 Å². The molecule has 0 aliphatic carbocycles. The van der Waals surface area contributed by atoms with E-state index in [0.29, 0.717) is 16.5 Å². The van der Waals surface area contributed by atoms with Crippen molar-refractivity contribution in [1.82, 2.24) is 15.4 Å². The molecule has 3 heterocycles. The zero-order chi connectivity index (χ0) is 19.0. The van der Waals surface area contributed by atoms with Crippen molar-refractivity contribution in [2.75, 3.05) is 32.2 Å². The molecule has 0 radical (unpaired) electrons. The quantitative estimate of drug-likeness (QED) is 0.657. The molecule has 0 spiro atoms. The summed E-state index contributed by atoms with van der Waals surface area (Å²) in [6.07, 6.45) is 2.80. The van der Waals surface area contributed by atoms with E-state index in [4.69, 9.17) is 21.2 Å². The van der Waals surface area contributed by atoms with Crippen LogP contribution in [0.2, 0.25) is 5.02 Å². The van der Waals surface area contributed by atoms with Crippen LogP contribution in [0.3, 0.4) is 0 Å². The van der Waals surface area contributed by atoms with Crippen LogP contribution >= 0.6 is 11.6 Å². The highest BCUT2D eigenvalue weighted by Crippen LogP contribution is 2.38. The summed E-state index contributed by atoms with van der Waals surface area (Å²) in [4.78, 5) is 26.8. The van der Waals surface area contributed by atoms with Crippen molar-refractivity contribution in [3.63, 3.8) is 0 Å². The lowest BCUT2D eigenvalue weighted by Gasteiger charge is -2.32. The smallest absolute Gasteiger partial charge is 0.276 e. The van der Waals surface area contributed by atoms with E-state index < -0.39 is 0 Å². The second-order valence-corrected chi connectivity index (χ2v) is 6.69. The topological polar surface area (TPSA) is 79.5 Å². The van der Waals surface area contributed by atoms with Gasteiger partial charge in [-0.1, -0.05) is 11.6 Å². The number of carbonyl (C=O) groups is 1. The van der Waals surface area contributed by atoms with Crippen LogP contribution in [-0.2, 0) is 4.84 Å². The lowest BCUT2D eigenvalue weighted by atomic mass is 10.0. The van der Waals surface area contributed by atoms with E-state index in [1.807, 2.05) is 18.2 Å². The summed E-state index contributed by atoms with van der Waals surface area (Å²) in [5, 5.41) is 1.28. The molecule has 4 rings (SSSR count). The van der Waals surface area contributed by atoms with Gasteiger partial charge in [-0.05, 0) is 30.7 Å². The van der Waals surface area contributed by atoms with Gasteiger partial charge in [0.1, 0.15) is 5.82 Å². The molecule has 2 N–H and O–H groups in total. The number of methoxy groups -OCH3 is 1. The summed E-state index contributed by atoms with van der Waals surface area (Å²) in [6.45, 7) is 2.01. The Hall–Kier alpha value is -2.77. The SMILES string of the molecule is CONC(=O)c1c[nH]c2cc(Cl)c(-c3ccc(N4CCC4)nc3OC)cc12. The van der Waals surface area contributed by atoms with Gasteiger partial charge in [0.25, 0.3) is 5.91 Å². The molecule has 0 saturated carbocycles. The summed E-state index contributed by atoms with van der Waals surface area (Å²) < 4.78 is 5.52. The molecular formula is C19H19ClN4O3. The Morgan fingerprint density at radius 1 is 1.26 bits per heavy atom. The number of carbonyl (C=O) groups excluding carboxylic acids is 1. The number of benzene rings is 1. The number of fused-ring (bicyclic) bond motifs is 1. The lowest BCUT2D eigenvalue weighted by Crippen LogP contribution is -2.37. The van der Waals surface area contributed by atoms with Gasteiger partial charge in [0.15, 0.2) is 0 Å². The van der Waals surface area contributed by atoms with Crippen LogP contribution in [0.15, 0.2) is 30.5 Å². The fourth-order valence-electron chi connectivity index (χ4n) is 3.20. The maximum absolute atomic E-state index is 12.2. The minimum absolute atomic E-state index is 0.338. The molecule has 7 nitrogen and oxygen atoms in total. The van der Waals surface area contributed by atoms with Crippen LogP contribution in [0, 0.1) is 0 Å². The van der Waals surface area contributed by atoms with Crippen molar-refractivity contribution in [1.29, 1.82) is 0 Å². The first-order valence-corrected chi connectivity index (χ1v) is 8.94. The molecule has 0 atom stereocenters. The van der Waals surface area contributed by atoms with Crippen molar-refractivity contribution in [3.8, 4) is 17.0 Å². The van der Waals surface area contributed by atoms with Gasteiger partial charge in [-0.2, -0.15) is 4.98 Å². The minimum atomic E-state index is -0.338. The summed E-state index contributed by atoms with van der Waals surface area (Å²) >= 11 is 6.52. The number of hydroxylamine groups is 1. The number of pyridine rings is 1. The molecule has 1 saturated heterocycles. The number of anilines is 1. The zero-order valence-electron chi connectivity index (χ0n) is 15.0. The Bertz CT molecular complexity index is 1010. The largest absolute Gasteiger partial charge is 0.480 e. The van der Waals surface area contributed by atoms with Gasteiger partial charge in [-0.25, -0.2) is 5.48 Å². The molecule has 1 amide bonds. The lowest BCUT2D eigenvalue weighted by molar-refractivity contribution is 0.0539. The first-order valence-electron chi connectivity index (χ1n) is 8.56. The van der Waals surface area contributed by atoms with E-state index >= 15 is 0 Å². The maximum Gasteiger partial charge on any atom is 0.276 e. The van der Waals surface area contributed by atoms with Crippen LogP contribution in [0.1, 0.15) is 16.8 Å². The number of amides is 1. The van der Waals surface area contributed by atoms with E-state index in [1.165, 1.54) is 13.5 Å². The van der Waals surface area contributed by atoms with Gasteiger partial charge in [0, 0.05) is 41.3 Å². The van der Waals surface area contributed by atoms with Crippen molar-refractivity contribution < 1.29 is 14.4 Å². The fraction of sp³-hybridized carbons (Fsp3) is 0.263. The van der Waals surface area contributed by atoms with Crippen molar-refractivity contribution in [2.24, 2.45) is 0 Å². The number of aromatic amines is 1. The van der Waals surface area contributed by atoms with Gasteiger partial charge in [0.05, 0.1) is 24.8 Å². The highest BCUT2D eigenvalue weighted by atomic mass is 35.5. The van der Waals surface area contributed by atoms with Gasteiger partial charge in [-0.3, -0.25) is 9.63 Å². The third kappa shape index (κ3) is 3.09. The third-order valence-electron chi connectivity index (χ3n) is 4.72. The Labute approximate surface area is 161 Å². The van der Waals surface area contributed by atoms with E-state index in [1.54, 1.807) is 19.4 Å². The Morgan fingerprint density at radius 3 is 2.74 bits per heavy atom. The highest BCUT2D eigenvalue weighted by Gasteiger charge is 2.20. The summed E-state index contributed by atoms with van der Waals surface area (Å²) in [5.41, 5.74) is 5.08. The molecule has 8 heteroatoms. The third-order valence-corrected chi connectivity index (χ3v) is 5.03. The van der Waals surface area contributed by atoms with Crippen LogP contribution in [-0.4, -0.2) is 43.2 Å². The van der Waals surface area contributed by atoms with Crippen molar-refractivity contribution in [3.05, 3.63) is 41.0 Å². The number of aromatic nitrogens is 2. The monoisotopic (exact) mass is 386 g/mol. The Morgan fingerprint density at radius 2 is 2.07 bits per heavy atom. The molecule has 0 bridgehead atoms. The average molecular weight is 387 g/mol. The second kappa shape index (κ2) is 7.09. The summed E-state index contributed by atoms with van der Waals surface area (Å²) in [6, 6.07) is 7.57. The van der Waals surface area contributed by atoms with Crippen LogP contribution in [0.4, 0.5) is 5.82 Å². The molecular weight excluding hydrogens is 368 g/mol. The maximum atomic E-state index is 12.2. The Kier molecular flexibility index (Phi) is 4.63. The highest BCUT2D eigenvalue weighted by molar-refractivity contribution is 6.34. The number of rotatable bonds is 5. The van der Waals surface area contributed by atoms with E-state index in [9.17, 15) is 4.79 Å². The number of halogens is 1. The molecule has 27 heavy (non-hydrogen) atoms. The zero-order valence-corrected chi connectivity index (χ0v) is 15.8. The predicted octanol–water partition coefficient (Wildman–Crippen LogP) is 3.39. The number of H-pyrrole nitrogens is 1. The molecule has 3 aromatic rings. The van der Waals surface area contributed by atoms with Crippen LogP contribution < -0.4 is 15.1 Å². The Balaban J connectivity index is 1.82. The number of hydrogen-bond donors (Lipinski definition) is 2. The van der Waals surface area contributed by atoms with Crippen LogP contribution in [0.25, 0.3) is 22.0 Å². The number of hydrogen-bond acceptors (Lipinski definition) is 5. The second-order valence-electron chi connectivity index (χ2n) is 6.28. The number of nitrogens with one attached hydrogen (secondary N) is 2. The van der Waals surface area contributed by atoms with E-state index in [-0.39, 0.29) is 5.91 Å². The predicted molar refractivity (Wildman–Crippen MR) is 104 cm³/mol. The minimum Gasteiger partial charge on any atom is -0.480 e. The van der Waals surface area contributed by atoms with E-state index in [2.05, 4.69) is 20.3 Å². The number of ether oxygens (including phenoxy) is 1. The fourth-order valence-corrected chi connectivity index (χ4v) is 3.46. The van der Waals surface area contributed by atoms with Crippen molar-refractivity contribution >= 4 is 34.2 Å². The first-order chi connectivity index (χ1) is 13.1. The molecule has 1 aromatic carbocycles. The molecule has 1 fully saturated rings. The molecule has 140 valence electrons. The average Bonchev–Trinajstić information content (AvgIpc) is 3.02. The normalized spacial score (nSPS) is 13.5. The van der Waals surface area contributed by atoms with Gasteiger partial charge in [0.2, 0.25) is 5.88 Å². The summed E-state index contributed by atoms with van der Waals surface area (Å²) in [5.74, 6) is 1.05. The summed E-state index contributed by atoms with van der Waals surface area (Å²) in [7, 11) is 2.98. The molecule has 1 aliphatic rings. The molecule has 2 aromatic heterocycles. The first kappa shape index (κ1) is 17.6. The van der Waals surface area contributed by atoms with E-state index in [0.717, 1.165) is 40.9 Å². The van der Waals surface area contributed by atoms with Gasteiger partial charge < -0.3 is 14.6 Å².